The molecule has 2 aromatic carbocycles. The topological polar surface area (TPSA) is 63.2 Å². The molecule has 1 N–H and O–H groups in total. The van der Waals surface area contributed by atoms with Gasteiger partial charge in [0.1, 0.15) is 0 Å². The first-order valence-electron chi connectivity index (χ1n) is 8.44. The molecule has 130 valence electrons. The first kappa shape index (κ1) is 17.4. The minimum atomic E-state index is -3.26. The Labute approximate surface area is 148 Å². The van der Waals surface area contributed by atoms with Crippen LogP contribution in [0.25, 0.3) is 6.08 Å². The molecule has 2 aromatic rings. The van der Waals surface area contributed by atoms with Crippen LogP contribution in [0.1, 0.15) is 31.2 Å². The van der Waals surface area contributed by atoms with Gasteiger partial charge in [-0.1, -0.05) is 43.2 Å². The van der Waals surface area contributed by atoms with Gasteiger partial charge < -0.3 is 5.32 Å². The lowest BCUT2D eigenvalue weighted by Gasteiger charge is -2.11. The van der Waals surface area contributed by atoms with Crippen LogP contribution in [-0.2, 0) is 14.6 Å². The first-order chi connectivity index (χ1) is 12.1. The number of hydrogen-bond acceptors (Lipinski definition) is 3. The van der Waals surface area contributed by atoms with Crippen LogP contribution in [0.2, 0.25) is 0 Å². The molecule has 25 heavy (non-hydrogen) atoms. The first-order valence-corrected chi connectivity index (χ1v) is 9.98. The fraction of sp³-hybridized carbons (Fsp3) is 0.250. The zero-order valence-corrected chi connectivity index (χ0v) is 14.7. The van der Waals surface area contributed by atoms with Crippen LogP contribution >= 0.6 is 0 Å². The van der Waals surface area contributed by atoms with Gasteiger partial charge in [-0.3, -0.25) is 4.79 Å². The summed E-state index contributed by atoms with van der Waals surface area (Å²) in [7, 11) is -3.26. The van der Waals surface area contributed by atoms with Crippen molar-refractivity contribution in [2.24, 2.45) is 0 Å². The molecule has 0 atom stereocenters. The number of rotatable bonds is 5. The zero-order valence-electron chi connectivity index (χ0n) is 13.9. The highest BCUT2D eigenvalue weighted by atomic mass is 32.2. The molecule has 0 aromatic heterocycles. The van der Waals surface area contributed by atoms with Gasteiger partial charge in [-0.15, -0.1) is 0 Å². The van der Waals surface area contributed by atoms with Crippen LogP contribution in [0, 0.1) is 0 Å². The summed E-state index contributed by atoms with van der Waals surface area (Å²) in [5, 5.41) is 2.48. The summed E-state index contributed by atoms with van der Waals surface area (Å²) in [6, 6.07) is 16.0. The standard InChI is InChI=1S/C20H21NO3S/c22-20(15-10-16-6-2-1-3-7-16)21-17-11-13-19(14-12-17)25(23,24)18-8-4-5-9-18/h1-3,6-7,10-15,18H,4-5,8-9H2,(H,21,22). The van der Waals surface area contributed by atoms with E-state index in [-0.39, 0.29) is 11.2 Å². The van der Waals surface area contributed by atoms with Gasteiger partial charge in [0.25, 0.3) is 0 Å². The van der Waals surface area contributed by atoms with Crippen LogP contribution in [0.15, 0.2) is 65.6 Å². The molecule has 1 fully saturated rings. The normalized spacial score (nSPS) is 15.5. The number of hydrogen-bond donors (Lipinski definition) is 1. The molecular formula is C20H21NO3S. The molecule has 0 spiro atoms. The van der Waals surface area contributed by atoms with Crippen LogP contribution < -0.4 is 5.32 Å². The van der Waals surface area contributed by atoms with Crippen LogP contribution in [0.5, 0.6) is 0 Å². The highest BCUT2D eigenvalue weighted by Gasteiger charge is 2.30. The van der Waals surface area contributed by atoms with E-state index in [1.54, 1.807) is 30.3 Å². The second-order valence-electron chi connectivity index (χ2n) is 6.21. The Kier molecular flexibility index (Phi) is 5.34. The number of amides is 1. The molecule has 0 bridgehead atoms. The Morgan fingerprint density at radius 3 is 2.24 bits per heavy atom. The number of benzene rings is 2. The molecule has 0 heterocycles. The molecule has 4 nitrogen and oxygen atoms in total. The van der Waals surface area contributed by atoms with Crippen LogP contribution in [0.3, 0.4) is 0 Å². The molecular weight excluding hydrogens is 334 g/mol. The van der Waals surface area contributed by atoms with E-state index in [2.05, 4.69) is 5.32 Å². The smallest absolute Gasteiger partial charge is 0.248 e. The third-order valence-electron chi connectivity index (χ3n) is 4.42. The quantitative estimate of drug-likeness (QED) is 0.823. The lowest BCUT2D eigenvalue weighted by Crippen LogP contribution is -2.17. The van der Waals surface area contributed by atoms with Crippen molar-refractivity contribution in [1.82, 2.24) is 0 Å². The minimum absolute atomic E-state index is 0.254. The van der Waals surface area contributed by atoms with Crippen molar-refractivity contribution in [3.8, 4) is 0 Å². The van der Waals surface area contributed by atoms with E-state index in [4.69, 9.17) is 0 Å². The summed E-state index contributed by atoms with van der Waals surface area (Å²) in [4.78, 5) is 12.3. The molecule has 1 amide bonds. The van der Waals surface area contributed by atoms with Gasteiger partial charge in [-0.05, 0) is 48.7 Å². The van der Waals surface area contributed by atoms with Crippen molar-refractivity contribution in [3.05, 3.63) is 66.2 Å². The molecule has 3 rings (SSSR count). The summed E-state index contributed by atoms with van der Waals surface area (Å²) in [5.74, 6) is -0.254. The fourth-order valence-corrected chi connectivity index (χ4v) is 4.89. The third kappa shape index (κ3) is 4.37. The Hall–Kier alpha value is -2.40. The minimum Gasteiger partial charge on any atom is -0.323 e. The van der Waals surface area contributed by atoms with E-state index in [1.807, 2.05) is 30.3 Å². The maximum atomic E-state index is 12.5. The van der Waals surface area contributed by atoms with Gasteiger partial charge in [-0.25, -0.2) is 8.42 Å². The zero-order chi connectivity index (χ0) is 17.7. The number of carbonyl (C=O) groups is 1. The van der Waals surface area contributed by atoms with Gasteiger partial charge in [0.15, 0.2) is 9.84 Å². The Morgan fingerprint density at radius 1 is 0.960 bits per heavy atom. The second kappa shape index (κ2) is 7.66. The number of nitrogens with one attached hydrogen (secondary N) is 1. The van der Waals surface area contributed by atoms with Crippen LogP contribution in [-0.4, -0.2) is 19.6 Å². The molecule has 1 saturated carbocycles. The largest absolute Gasteiger partial charge is 0.323 e. The number of carbonyl (C=O) groups excluding carboxylic acids is 1. The van der Waals surface area contributed by atoms with Crippen molar-refractivity contribution in [2.75, 3.05) is 5.32 Å². The van der Waals surface area contributed by atoms with Gasteiger partial charge in [0.05, 0.1) is 10.1 Å². The number of sulfone groups is 1. The van der Waals surface area contributed by atoms with Crippen molar-refractivity contribution < 1.29 is 13.2 Å². The highest BCUT2D eigenvalue weighted by molar-refractivity contribution is 7.92. The predicted octanol–water partition coefficient (Wildman–Crippen LogP) is 4.05. The Balaban J connectivity index is 1.64. The lowest BCUT2D eigenvalue weighted by atomic mass is 10.2. The monoisotopic (exact) mass is 355 g/mol. The Morgan fingerprint density at radius 2 is 1.60 bits per heavy atom. The van der Waals surface area contributed by atoms with E-state index < -0.39 is 9.84 Å². The van der Waals surface area contributed by atoms with E-state index >= 15 is 0 Å². The van der Waals surface area contributed by atoms with Gasteiger partial charge >= 0.3 is 0 Å². The van der Waals surface area contributed by atoms with Crippen molar-refractivity contribution in [3.63, 3.8) is 0 Å². The lowest BCUT2D eigenvalue weighted by molar-refractivity contribution is -0.111. The summed E-state index contributed by atoms with van der Waals surface area (Å²) in [6.07, 6.45) is 6.63. The predicted molar refractivity (Wildman–Crippen MR) is 100.0 cm³/mol. The van der Waals surface area contributed by atoms with Crippen molar-refractivity contribution >= 4 is 27.5 Å². The average molecular weight is 355 g/mol. The SMILES string of the molecule is O=C(C=Cc1ccccc1)Nc1ccc(S(=O)(=O)C2CCCC2)cc1. The van der Waals surface area contributed by atoms with E-state index in [0.717, 1.165) is 31.2 Å². The summed E-state index contributed by atoms with van der Waals surface area (Å²) in [5.41, 5.74) is 1.52. The van der Waals surface area contributed by atoms with Crippen LogP contribution in [0.4, 0.5) is 5.69 Å². The average Bonchev–Trinajstić information content (AvgIpc) is 3.17. The van der Waals surface area contributed by atoms with Gasteiger partial charge in [-0.2, -0.15) is 0 Å². The van der Waals surface area contributed by atoms with Crippen molar-refractivity contribution in [1.29, 1.82) is 0 Å². The van der Waals surface area contributed by atoms with Gasteiger partial charge in [0, 0.05) is 11.8 Å². The summed E-state index contributed by atoms with van der Waals surface area (Å²) < 4.78 is 25.1. The maximum absolute atomic E-state index is 12.5. The molecule has 0 aliphatic heterocycles. The van der Waals surface area contributed by atoms with Crippen molar-refractivity contribution in [2.45, 2.75) is 35.8 Å². The number of anilines is 1. The summed E-state index contributed by atoms with van der Waals surface area (Å²) >= 11 is 0. The fourth-order valence-electron chi connectivity index (χ4n) is 3.04. The van der Waals surface area contributed by atoms with Gasteiger partial charge in [0.2, 0.25) is 5.91 Å². The maximum Gasteiger partial charge on any atom is 0.248 e. The molecule has 1 aliphatic rings. The third-order valence-corrected chi connectivity index (χ3v) is 6.70. The molecule has 1 aliphatic carbocycles. The van der Waals surface area contributed by atoms with E-state index in [9.17, 15) is 13.2 Å². The Bertz CT molecular complexity index is 850. The van der Waals surface area contributed by atoms with E-state index in [1.165, 1.54) is 6.08 Å². The molecule has 0 unspecified atom stereocenters. The highest BCUT2D eigenvalue weighted by Crippen LogP contribution is 2.30. The molecule has 0 radical (unpaired) electrons. The van der Waals surface area contributed by atoms with E-state index in [0.29, 0.717) is 10.6 Å². The second-order valence-corrected chi connectivity index (χ2v) is 8.44. The molecule has 0 saturated heterocycles. The molecule has 5 heteroatoms. The summed E-state index contributed by atoms with van der Waals surface area (Å²) in [6.45, 7) is 0.